The third-order valence-corrected chi connectivity index (χ3v) is 5.29. The van der Waals surface area contributed by atoms with Gasteiger partial charge in [-0.15, -0.1) is 0 Å². The summed E-state index contributed by atoms with van der Waals surface area (Å²) in [5, 5.41) is 22.5. The van der Waals surface area contributed by atoms with Crippen LogP contribution < -0.4 is 5.32 Å². The average molecular weight is 367 g/mol. The van der Waals surface area contributed by atoms with E-state index in [1.807, 2.05) is 30.3 Å². The molecule has 1 aliphatic rings. The van der Waals surface area contributed by atoms with Crippen molar-refractivity contribution >= 4 is 11.9 Å². The molecule has 1 atom stereocenters. The van der Waals surface area contributed by atoms with Crippen LogP contribution in [-0.4, -0.2) is 27.6 Å². The molecule has 0 spiro atoms. The first-order chi connectivity index (χ1) is 13.0. The summed E-state index contributed by atoms with van der Waals surface area (Å²) < 4.78 is 0. The zero-order chi connectivity index (χ0) is 19.3. The molecule has 5 nitrogen and oxygen atoms in total. The Labute approximate surface area is 159 Å². The summed E-state index contributed by atoms with van der Waals surface area (Å²) in [4.78, 5) is 25.2. The second kappa shape index (κ2) is 8.25. The van der Waals surface area contributed by atoms with Gasteiger partial charge in [-0.1, -0.05) is 55.3 Å². The lowest BCUT2D eigenvalue weighted by Crippen LogP contribution is -2.58. The summed E-state index contributed by atoms with van der Waals surface area (Å²) in [5.74, 6) is -1.22. The molecule has 1 aliphatic carbocycles. The Balaban J connectivity index is 1.91. The van der Waals surface area contributed by atoms with Crippen molar-refractivity contribution < 1.29 is 19.8 Å². The number of hydrogen-bond donors (Lipinski definition) is 3. The molecule has 142 valence electrons. The van der Waals surface area contributed by atoms with Crippen molar-refractivity contribution in [3.8, 4) is 5.75 Å². The predicted molar refractivity (Wildman–Crippen MR) is 102 cm³/mol. The normalized spacial score (nSPS) is 16.6. The van der Waals surface area contributed by atoms with Gasteiger partial charge in [-0.05, 0) is 36.1 Å². The SMILES string of the molecule is O=C(NC(Cc1ccccc1)(Cc1ccc(O)cc1)C(=O)O)C1CCCC1. The standard InChI is InChI=1S/C22H25NO4/c24-19-12-10-17(11-13-19)15-22(21(26)27,14-16-6-2-1-3-7-16)23-20(25)18-8-4-5-9-18/h1-3,6-7,10-13,18,24H,4-5,8-9,14-15H2,(H,23,25)(H,26,27). The van der Waals surface area contributed by atoms with Gasteiger partial charge in [0.15, 0.2) is 0 Å². The molecule has 27 heavy (non-hydrogen) atoms. The maximum atomic E-state index is 12.8. The molecule has 5 heteroatoms. The summed E-state index contributed by atoms with van der Waals surface area (Å²) in [7, 11) is 0. The lowest BCUT2D eigenvalue weighted by atomic mass is 9.83. The molecule has 0 heterocycles. The Morgan fingerprint density at radius 2 is 1.48 bits per heavy atom. The summed E-state index contributed by atoms with van der Waals surface area (Å²) in [6.45, 7) is 0. The number of carbonyl (C=O) groups excluding carboxylic acids is 1. The fourth-order valence-electron chi connectivity index (χ4n) is 3.79. The molecule has 0 saturated heterocycles. The van der Waals surface area contributed by atoms with Crippen LogP contribution in [0.4, 0.5) is 0 Å². The van der Waals surface area contributed by atoms with E-state index >= 15 is 0 Å². The van der Waals surface area contributed by atoms with E-state index < -0.39 is 11.5 Å². The van der Waals surface area contributed by atoms with E-state index in [4.69, 9.17) is 0 Å². The van der Waals surface area contributed by atoms with Crippen molar-refractivity contribution in [3.05, 3.63) is 65.7 Å². The quantitative estimate of drug-likeness (QED) is 0.701. The molecule has 0 bridgehead atoms. The highest BCUT2D eigenvalue weighted by molar-refractivity contribution is 5.88. The van der Waals surface area contributed by atoms with Gasteiger partial charge in [0.25, 0.3) is 0 Å². The van der Waals surface area contributed by atoms with Gasteiger partial charge in [0.2, 0.25) is 5.91 Å². The Morgan fingerprint density at radius 3 is 2.04 bits per heavy atom. The number of rotatable bonds is 7. The van der Waals surface area contributed by atoms with E-state index in [0.29, 0.717) is 0 Å². The number of benzene rings is 2. The Morgan fingerprint density at radius 1 is 0.926 bits per heavy atom. The van der Waals surface area contributed by atoms with E-state index in [-0.39, 0.29) is 30.4 Å². The van der Waals surface area contributed by atoms with Crippen LogP contribution in [0.5, 0.6) is 5.75 Å². The first-order valence-electron chi connectivity index (χ1n) is 9.36. The Hall–Kier alpha value is -2.82. The molecular weight excluding hydrogens is 342 g/mol. The van der Waals surface area contributed by atoms with Crippen LogP contribution in [0.25, 0.3) is 0 Å². The van der Waals surface area contributed by atoms with Gasteiger partial charge in [0, 0.05) is 18.8 Å². The molecule has 3 rings (SSSR count). The van der Waals surface area contributed by atoms with Gasteiger partial charge >= 0.3 is 5.97 Å². The van der Waals surface area contributed by atoms with Crippen molar-refractivity contribution in [2.24, 2.45) is 5.92 Å². The molecule has 1 fully saturated rings. The molecule has 1 saturated carbocycles. The summed E-state index contributed by atoms with van der Waals surface area (Å²) in [5.41, 5.74) is 0.168. The number of hydrogen-bond acceptors (Lipinski definition) is 3. The molecule has 0 aliphatic heterocycles. The number of phenols is 1. The largest absolute Gasteiger partial charge is 0.508 e. The molecule has 0 aromatic heterocycles. The zero-order valence-electron chi connectivity index (χ0n) is 15.2. The van der Waals surface area contributed by atoms with Crippen LogP contribution in [0.1, 0.15) is 36.8 Å². The second-order valence-electron chi connectivity index (χ2n) is 7.36. The fraction of sp³-hybridized carbons (Fsp3) is 0.364. The number of carboxylic acid groups (broad SMARTS) is 1. The lowest BCUT2D eigenvalue weighted by molar-refractivity contribution is -0.148. The van der Waals surface area contributed by atoms with Crippen molar-refractivity contribution in [2.45, 2.75) is 44.1 Å². The van der Waals surface area contributed by atoms with Crippen LogP contribution in [0.2, 0.25) is 0 Å². The van der Waals surface area contributed by atoms with Gasteiger partial charge in [-0.25, -0.2) is 4.79 Å². The summed E-state index contributed by atoms with van der Waals surface area (Å²) in [6.07, 6.45) is 3.99. The third-order valence-electron chi connectivity index (χ3n) is 5.29. The molecule has 3 N–H and O–H groups in total. The molecule has 2 aromatic rings. The minimum atomic E-state index is -1.43. The number of nitrogens with one attached hydrogen (secondary N) is 1. The second-order valence-corrected chi connectivity index (χ2v) is 7.36. The predicted octanol–water partition coefficient (Wildman–Crippen LogP) is 3.31. The summed E-state index contributed by atoms with van der Waals surface area (Å²) in [6, 6.07) is 15.8. The van der Waals surface area contributed by atoms with Gasteiger partial charge in [0.1, 0.15) is 11.3 Å². The van der Waals surface area contributed by atoms with Crippen LogP contribution in [0, 0.1) is 5.92 Å². The topological polar surface area (TPSA) is 86.6 Å². The maximum Gasteiger partial charge on any atom is 0.330 e. The maximum absolute atomic E-state index is 12.8. The Bertz CT molecular complexity index is 782. The number of amides is 1. The van der Waals surface area contributed by atoms with Crippen molar-refractivity contribution in [3.63, 3.8) is 0 Å². The molecule has 1 amide bonds. The molecule has 2 aromatic carbocycles. The highest BCUT2D eigenvalue weighted by Crippen LogP contribution is 2.27. The van der Waals surface area contributed by atoms with Gasteiger partial charge in [0.05, 0.1) is 0 Å². The van der Waals surface area contributed by atoms with E-state index in [9.17, 15) is 19.8 Å². The van der Waals surface area contributed by atoms with Crippen LogP contribution >= 0.6 is 0 Å². The number of aliphatic carboxylic acids is 1. The molecule has 0 radical (unpaired) electrons. The van der Waals surface area contributed by atoms with Gasteiger partial charge in [-0.3, -0.25) is 4.79 Å². The highest BCUT2D eigenvalue weighted by Gasteiger charge is 2.42. The van der Waals surface area contributed by atoms with Gasteiger partial charge in [-0.2, -0.15) is 0 Å². The van der Waals surface area contributed by atoms with Crippen molar-refractivity contribution in [2.75, 3.05) is 0 Å². The smallest absolute Gasteiger partial charge is 0.330 e. The lowest BCUT2D eigenvalue weighted by Gasteiger charge is -2.32. The molecular formula is C22H25NO4. The van der Waals surface area contributed by atoms with E-state index in [1.54, 1.807) is 12.1 Å². The van der Waals surface area contributed by atoms with Crippen LogP contribution in [0.15, 0.2) is 54.6 Å². The van der Waals surface area contributed by atoms with E-state index in [0.717, 1.165) is 36.8 Å². The van der Waals surface area contributed by atoms with Crippen molar-refractivity contribution in [1.82, 2.24) is 5.32 Å². The summed E-state index contributed by atoms with van der Waals surface area (Å²) >= 11 is 0. The minimum Gasteiger partial charge on any atom is -0.508 e. The third kappa shape index (κ3) is 4.67. The minimum absolute atomic E-state index is 0.112. The molecule has 1 unspecified atom stereocenters. The number of carbonyl (C=O) groups is 2. The van der Waals surface area contributed by atoms with E-state index in [2.05, 4.69) is 5.32 Å². The highest BCUT2D eigenvalue weighted by atomic mass is 16.4. The Kier molecular flexibility index (Phi) is 5.79. The van der Waals surface area contributed by atoms with Crippen LogP contribution in [-0.2, 0) is 22.4 Å². The number of phenolic OH excluding ortho intramolecular Hbond substituents is 1. The van der Waals surface area contributed by atoms with Gasteiger partial charge < -0.3 is 15.5 Å². The van der Waals surface area contributed by atoms with Crippen LogP contribution in [0.3, 0.4) is 0 Å². The fourth-order valence-corrected chi connectivity index (χ4v) is 3.79. The first kappa shape index (κ1) is 19.0. The van der Waals surface area contributed by atoms with Crippen molar-refractivity contribution in [1.29, 1.82) is 0 Å². The first-order valence-corrected chi connectivity index (χ1v) is 9.36. The average Bonchev–Trinajstić information content (AvgIpc) is 3.19. The van der Waals surface area contributed by atoms with E-state index in [1.165, 1.54) is 12.1 Å². The number of aromatic hydroxyl groups is 1. The number of carboxylic acids is 1. The monoisotopic (exact) mass is 367 g/mol. The zero-order valence-corrected chi connectivity index (χ0v) is 15.2.